The highest BCUT2D eigenvalue weighted by molar-refractivity contribution is 5.99. The highest BCUT2D eigenvalue weighted by Crippen LogP contribution is 2.36. The molecule has 2 aromatic carbocycles. The van der Waals surface area contributed by atoms with E-state index in [4.69, 9.17) is 16.2 Å². The van der Waals surface area contributed by atoms with Gasteiger partial charge in [0.25, 0.3) is 0 Å². The van der Waals surface area contributed by atoms with Crippen molar-refractivity contribution in [2.24, 2.45) is 11.5 Å². The Morgan fingerprint density at radius 3 is 2.24 bits per heavy atom. The van der Waals surface area contributed by atoms with E-state index >= 15 is 8.78 Å². The van der Waals surface area contributed by atoms with Gasteiger partial charge >= 0.3 is 6.61 Å². The van der Waals surface area contributed by atoms with E-state index in [1.165, 1.54) is 13.3 Å². The van der Waals surface area contributed by atoms with Gasteiger partial charge in [0, 0.05) is 55.7 Å². The minimum absolute atomic E-state index is 0.0122. The fraction of sp³-hybridized carbons (Fsp3) is 0.333. The summed E-state index contributed by atoms with van der Waals surface area (Å²) in [7, 11) is 1.24. The molecule has 4 rings (SSSR count). The van der Waals surface area contributed by atoms with Crippen LogP contribution < -0.4 is 20.9 Å². The molecule has 0 atom stereocenters. The quantitative estimate of drug-likeness (QED) is 0.353. The fourth-order valence-corrected chi connectivity index (χ4v) is 4.76. The number of benzene rings is 2. The molecular weight excluding hydrogens is 550 g/mol. The predicted molar refractivity (Wildman–Crippen MR) is 138 cm³/mol. The highest BCUT2D eigenvalue weighted by Gasteiger charge is 2.29. The Labute approximate surface area is 231 Å². The molecule has 1 aliphatic heterocycles. The van der Waals surface area contributed by atoms with Crippen molar-refractivity contribution in [2.45, 2.75) is 38.2 Å². The van der Waals surface area contributed by atoms with Crippen LogP contribution in [0.15, 0.2) is 36.5 Å². The Hall–Kier alpha value is -4.62. The van der Waals surface area contributed by atoms with Crippen LogP contribution in [0, 0.1) is 11.6 Å². The van der Waals surface area contributed by atoms with E-state index < -0.39 is 35.7 Å². The van der Waals surface area contributed by atoms with Crippen molar-refractivity contribution in [3.05, 3.63) is 59.4 Å². The SMILES string of the molecule is COc1cc(F)c(-n2cc(C3CCN(C(=O)CCC(N)=O)CC3)nc2-c2cc(OC(F)F)ccc2C(N)=O)c(F)c1. The number of carbonyl (C=O) groups excluding carboxylic acids is 3. The second-order valence-corrected chi connectivity index (χ2v) is 9.37. The Bertz CT molecular complexity index is 1450. The maximum Gasteiger partial charge on any atom is 0.387 e. The minimum atomic E-state index is -3.18. The Balaban J connectivity index is 1.78. The summed E-state index contributed by atoms with van der Waals surface area (Å²) >= 11 is 0. The number of halogens is 4. The van der Waals surface area contributed by atoms with Gasteiger partial charge in [0.2, 0.25) is 17.7 Å². The number of imidazole rings is 1. The van der Waals surface area contributed by atoms with Crippen LogP contribution in [0.3, 0.4) is 0 Å². The van der Waals surface area contributed by atoms with E-state index in [0.29, 0.717) is 31.6 Å². The van der Waals surface area contributed by atoms with E-state index in [2.05, 4.69) is 9.72 Å². The van der Waals surface area contributed by atoms with Gasteiger partial charge in [0.15, 0.2) is 11.6 Å². The Morgan fingerprint density at radius 2 is 1.68 bits per heavy atom. The molecule has 10 nitrogen and oxygen atoms in total. The summed E-state index contributed by atoms with van der Waals surface area (Å²) in [6.07, 6.45) is 2.18. The number of aromatic nitrogens is 2. The molecule has 2 heterocycles. The molecule has 14 heteroatoms. The first kappa shape index (κ1) is 29.4. The number of hydrogen-bond donors (Lipinski definition) is 2. The average Bonchev–Trinajstić information content (AvgIpc) is 3.35. The molecule has 1 aliphatic rings. The van der Waals surface area contributed by atoms with Gasteiger partial charge in [0.1, 0.15) is 23.0 Å². The zero-order valence-corrected chi connectivity index (χ0v) is 21.9. The lowest BCUT2D eigenvalue weighted by Gasteiger charge is -2.31. The average molecular weight is 578 g/mol. The fourth-order valence-electron chi connectivity index (χ4n) is 4.76. The van der Waals surface area contributed by atoms with Crippen LogP contribution in [-0.4, -0.2) is 59.0 Å². The minimum Gasteiger partial charge on any atom is -0.497 e. The number of alkyl halides is 2. The van der Waals surface area contributed by atoms with Crippen molar-refractivity contribution in [3.63, 3.8) is 0 Å². The molecule has 218 valence electrons. The Kier molecular flexibility index (Phi) is 8.79. The molecular formula is C27H27F4N5O5. The third kappa shape index (κ3) is 6.58. The summed E-state index contributed by atoms with van der Waals surface area (Å²) in [6.45, 7) is -2.51. The zero-order chi connectivity index (χ0) is 29.8. The lowest BCUT2D eigenvalue weighted by molar-refractivity contribution is -0.134. The molecule has 0 radical (unpaired) electrons. The second-order valence-electron chi connectivity index (χ2n) is 9.37. The van der Waals surface area contributed by atoms with Gasteiger partial charge in [-0.05, 0) is 31.0 Å². The normalized spacial score (nSPS) is 13.9. The standard InChI is InChI=1S/C27H27F4N5O5/c1-40-16-11-19(28)24(20(29)12-16)36-13-21(14-6-8-35(9-7-14)23(38)5-4-22(32)37)34-26(36)18-10-15(41-27(30)31)2-3-17(18)25(33)39/h2-3,10-14,27H,4-9H2,1H3,(H2,32,37)(H2,33,39). The van der Waals surface area contributed by atoms with Crippen molar-refractivity contribution < 1.29 is 41.4 Å². The van der Waals surface area contributed by atoms with Crippen LogP contribution in [0.25, 0.3) is 17.1 Å². The zero-order valence-electron chi connectivity index (χ0n) is 21.9. The van der Waals surface area contributed by atoms with Crippen LogP contribution >= 0.6 is 0 Å². The van der Waals surface area contributed by atoms with Crippen LogP contribution in [0.1, 0.15) is 47.7 Å². The van der Waals surface area contributed by atoms with E-state index in [1.807, 2.05) is 0 Å². The molecule has 0 aliphatic carbocycles. The molecule has 1 aromatic heterocycles. The van der Waals surface area contributed by atoms with Gasteiger partial charge in [-0.25, -0.2) is 13.8 Å². The topological polar surface area (TPSA) is 143 Å². The third-order valence-corrected chi connectivity index (χ3v) is 6.77. The number of piperidine rings is 1. The number of rotatable bonds is 10. The predicted octanol–water partition coefficient (Wildman–Crippen LogP) is 3.50. The van der Waals surface area contributed by atoms with E-state index in [1.54, 1.807) is 4.90 Å². The molecule has 0 spiro atoms. The largest absolute Gasteiger partial charge is 0.497 e. The maximum atomic E-state index is 15.2. The first-order valence-corrected chi connectivity index (χ1v) is 12.6. The molecule has 0 saturated carbocycles. The smallest absolute Gasteiger partial charge is 0.387 e. The number of amides is 3. The number of carbonyl (C=O) groups is 3. The summed E-state index contributed by atoms with van der Waals surface area (Å²) in [5.41, 5.74) is 10.3. The number of primary amides is 2. The number of nitrogens with zero attached hydrogens (tertiary/aromatic N) is 3. The van der Waals surface area contributed by atoms with Crippen molar-refractivity contribution in [3.8, 4) is 28.6 Å². The Morgan fingerprint density at radius 1 is 1.02 bits per heavy atom. The summed E-state index contributed by atoms with van der Waals surface area (Å²) in [5, 5.41) is 0. The molecule has 0 bridgehead atoms. The summed E-state index contributed by atoms with van der Waals surface area (Å²) < 4.78 is 66.9. The second kappa shape index (κ2) is 12.3. The van der Waals surface area contributed by atoms with Gasteiger partial charge < -0.3 is 25.8 Å². The summed E-state index contributed by atoms with van der Waals surface area (Å²) in [5.74, 6) is -4.57. The van der Waals surface area contributed by atoms with Gasteiger partial charge in [-0.3, -0.25) is 19.0 Å². The van der Waals surface area contributed by atoms with Gasteiger partial charge in [-0.15, -0.1) is 0 Å². The highest BCUT2D eigenvalue weighted by atomic mass is 19.3. The number of nitrogens with two attached hydrogens (primary N) is 2. The monoisotopic (exact) mass is 577 g/mol. The summed E-state index contributed by atoms with van der Waals surface area (Å²) in [6, 6.07) is 5.29. The van der Waals surface area contributed by atoms with Crippen molar-refractivity contribution in [1.82, 2.24) is 14.5 Å². The summed E-state index contributed by atoms with van der Waals surface area (Å²) in [4.78, 5) is 41.9. The van der Waals surface area contributed by atoms with E-state index in [0.717, 1.165) is 34.9 Å². The molecule has 1 saturated heterocycles. The van der Waals surface area contributed by atoms with Crippen molar-refractivity contribution in [2.75, 3.05) is 20.2 Å². The molecule has 3 amide bonds. The van der Waals surface area contributed by atoms with Crippen LogP contribution in [-0.2, 0) is 9.59 Å². The molecule has 3 aromatic rings. The van der Waals surface area contributed by atoms with Gasteiger partial charge in [-0.2, -0.15) is 8.78 Å². The molecule has 1 fully saturated rings. The maximum absolute atomic E-state index is 15.2. The van der Waals surface area contributed by atoms with Crippen molar-refractivity contribution in [1.29, 1.82) is 0 Å². The molecule has 0 unspecified atom stereocenters. The van der Waals surface area contributed by atoms with Crippen LogP contribution in [0.5, 0.6) is 11.5 Å². The van der Waals surface area contributed by atoms with Gasteiger partial charge in [-0.1, -0.05) is 0 Å². The lowest BCUT2D eigenvalue weighted by Crippen LogP contribution is -2.38. The molecule has 4 N–H and O–H groups in total. The van der Waals surface area contributed by atoms with Gasteiger partial charge in [0.05, 0.1) is 18.4 Å². The number of likely N-dealkylation sites (tertiary alicyclic amines) is 1. The van der Waals surface area contributed by atoms with E-state index in [9.17, 15) is 23.2 Å². The van der Waals surface area contributed by atoms with Crippen molar-refractivity contribution >= 4 is 17.7 Å². The number of hydrogen-bond acceptors (Lipinski definition) is 6. The number of methoxy groups -OCH3 is 1. The first-order valence-electron chi connectivity index (χ1n) is 12.6. The van der Waals surface area contributed by atoms with E-state index in [-0.39, 0.29) is 53.1 Å². The number of ether oxygens (including phenoxy) is 2. The third-order valence-electron chi connectivity index (χ3n) is 6.77. The van der Waals surface area contributed by atoms with Crippen LogP contribution in [0.2, 0.25) is 0 Å². The lowest BCUT2D eigenvalue weighted by atomic mass is 9.94. The first-order chi connectivity index (χ1) is 19.5. The molecule has 41 heavy (non-hydrogen) atoms. The van der Waals surface area contributed by atoms with Crippen LogP contribution in [0.4, 0.5) is 17.6 Å².